The van der Waals surface area contributed by atoms with Crippen LogP contribution in [0.2, 0.25) is 0 Å². The number of esters is 4. The Morgan fingerprint density at radius 3 is 2.10 bits per heavy atom. The van der Waals surface area contributed by atoms with Crippen molar-refractivity contribution in [2.24, 2.45) is 22.7 Å². The zero-order valence-electron chi connectivity index (χ0n) is 35.1. The van der Waals surface area contributed by atoms with Crippen LogP contribution < -0.4 is 5.32 Å². The van der Waals surface area contributed by atoms with Crippen LogP contribution in [0.4, 0.5) is 0 Å². The maximum atomic E-state index is 15.4. The molecule has 0 spiro atoms. The van der Waals surface area contributed by atoms with E-state index in [1.807, 2.05) is 6.92 Å². The molecule has 1 unspecified atom stereocenters. The fourth-order valence-corrected chi connectivity index (χ4v) is 9.85. The summed E-state index contributed by atoms with van der Waals surface area (Å²) >= 11 is 0. The third-order valence-electron chi connectivity index (χ3n) is 13.5. The highest BCUT2D eigenvalue weighted by atomic mass is 16.6. The molecular weight excluding hydrogens is 778 g/mol. The van der Waals surface area contributed by atoms with Crippen LogP contribution in [-0.2, 0) is 47.7 Å². The van der Waals surface area contributed by atoms with Gasteiger partial charge < -0.3 is 44.3 Å². The Hall–Kier alpha value is -4.96. The second kappa shape index (κ2) is 16.5. The Bertz CT molecular complexity index is 2050. The van der Waals surface area contributed by atoms with Gasteiger partial charge in [0.15, 0.2) is 23.6 Å². The van der Waals surface area contributed by atoms with Gasteiger partial charge in [-0.2, -0.15) is 0 Å². The number of ketones is 1. The van der Waals surface area contributed by atoms with Gasteiger partial charge in [0.25, 0.3) is 0 Å². The molecule has 2 aromatic carbocycles. The van der Waals surface area contributed by atoms with E-state index in [-0.39, 0.29) is 29.7 Å². The van der Waals surface area contributed by atoms with Gasteiger partial charge in [0.1, 0.15) is 23.9 Å². The first-order valence-corrected chi connectivity index (χ1v) is 20.3. The molecule has 2 bridgehead atoms. The normalized spacial score (nSPS) is 33.1. The van der Waals surface area contributed by atoms with Gasteiger partial charge in [-0.1, -0.05) is 76.2 Å². The van der Waals surface area contributed by atoms with Gasteiger partial charge in [0.05, 0.1) is 35.6 Å². The predicted molar refractivity (Wildman–Crippen MR) is 211 cm³/mol. The van der Waals surface area contributed by atoms with Crippen LogP contribution in [0.25, 0.3) is 0 Å². The molecule has 3 aliphatic carbocycles. The highest BCUT2D eigenvalue weighted by Gasteiger charge is 2.78. The molecule has 15 heteroatoms. The van der Waals surface area contributed by atoms with Crippen LogP contribution in [0, 0.1) is 22.7 Å². The number of benzene rings is 2. The van der Waals surface area contributed by atoms with Gasteiger partial charge in [-0.05, 0) is 49.1 Å². The van der Waals surface area contributed by atoms with Crippen molar-refractivity contribution in [3.63, 3.8) is 0 Å². The number of amides is 1. The van der Waals surface area contributed by atoms with E-state index in [0.717, 1.165) is 13.8 Å². The molecule has 1 saturated heterocycles. The van der Waals surface area contributed by atoms with Crippen molar-refractivity contribution in [1.82, 2.24) is 5.32 Å². The van der Waals surface area contributed by atoms with Crippen LogP contribution in [0.3, 0.4) is 0 Å². The van der Waals surface area contributed by atoms with Gasteiger partial charge in [-0.15, -0.1) is 0 Å². The molecule has 12 atom stereocenters. The average Bonchev–Trinajstić information content (AvgIpc) is 3.20. The first kappa shape index (κ1) is 44.6. The minimum atomic E-state index is -2.37. The van der Waals surface area contributed by atoms with Crippen molar-refractivity contribution in [3.8, 4) is 0 Å². The third kappa shape index (κ3) is 7.32. The lowest BCUT2D eigenvalue weighted by Crippen LogP contribution is -2.82. The quantitative estimate of drug-likeness (QED) is 0.145. The smallest absolute Gasteiger partial charge is 0.338 e. The monoisotopic (exact) mass is 833 g/mol. The summed E-state index contributed by atoms with van der Waals surface area (Å²) in [7, 11) is 0. The zero-order valence-corrected chi connectivity index (χ0v) is 35.1. The van der Waals surface area contributed by atoms with Crippen LogP contribution in [-0.4, -0.2) is 105 Å². The SMILES string of the molecule is CCC(C)C(=O)N[C@@H](c1ccccc1)[C@@H](O)C(=O)O[C@@H]1C[C@]2(O)[C@@H](OC(=O)c3ccccc3)[C@@H]3[C@]4(OC(C)=O)CO[C@H]4C[C@H](O)[C@@]3(C)C(=O)[C@H](OC(C)=O)C(=C1C)C2(C)C. The van der Waals surface area contributed by atoms with E-state index in [1.165, 1.54) is 26.0 Å². The molecule has 1 aliphatic heterocycles. The van der Waals surface area contributed by atoms with E-state index >= 15 is 4.79 Å². The summed E-state index contributed by atoms with van der Waals surface area (Å²) in [6.07, 6.45) is -9.88. The van der Waals surface area contributed by atoms with Crippen LogP contribution in [0.15, 0.2) is 71.8 Å². The van der Waals surface area contributed by atoms with Gasteiger partial charge in [-0.3, -0.25) is 19.2 Å². The molecule has 0 aromatic heterocycles. The summed E-state index contributed by atoms with van der Waals surface area (Å²) in [4.78, 5) is 83.0. The Morgan fingerprint density at radius 2 is 1.55 bits per heavy atom. The summed E-state index contributed by atoms with van der Waals surface area (Å²) in [5.41, 5.74) is -7.15. The Morgan fingerprint density at radius 1 is 0.933 bits per heavy atom. The van der Waals surface area contributed by atoms with E-state index in [0.29, 0.717) is 12.0 Å². The number of hydrogen-bond donors (Lipinski definition) is 4. The van der Waals surface area contributed by atoms with Gasteiger partial charge >= 0.3 is 23.9 Å². The number of ether oxygens (including phenoxy) is 5. The average molecular weight is 834 g/mol. The van der Waals surface area contributed by atoms with Crippen LogP contribution in [0.1, 0.15) is 96.6 Å². The standard InChI is InChI=1S/C45H55NO14/c1-9-23(2)39(52)46-33(27-16-12-10-13-17-27)34(50)41(54)58-29-21-45(55)38(59-40(53)28-18-14-11-15-19-28)36-43(8,30(49)20-31-44(36,22-56-31)60-26(5)48)37(51)35(57-25(4)47)32(24(29)3)42(45,6)7/h10-19,23,29-31,33-36,38,49-50,55H,9,20-22H2,1-8H3,(H,46,52)/t23?,29-,30+,31+,33+,34-,35-,36+,38+,43-,44+,45+/m1/s1. The van der Waals surface area contributed by atoms with Crippen molar-refractivity contribution in [2.75, 3.05) is 6.61 Å². The predicted octanol–water partition coefficient (Wildman–Crippen LogP) is 3.47. The fraction of sp³-hybridized carbons (Fsp3) is 0.556. The molecule has 2 aromatic rings. The van der Waals surface area contributed by atoms with Gasteiger partial charge in [0.2, 0.25) is 5.91 Å². The van der Waals surface area contributed by atoms with Crippen LogP contribution in [0.5, 0.6) is 0 Å². The number of carbonyl (C=O) groups is 6. The molecule has 6 rings (SSSR count). The number of rotatable bonds is 11. The Labute approximate surface area is 348 Å². The summed E-state index contributed by atoms with van der Waals surface area (Å²) in [5, 5.41) is 40.1. The molecule has 3 fully saturated rings. The topological polar surface area (TPSA) is 221 Å². The third-order valence-corrected chi connectivity index (χ3v) is 13.5. The first-order chi connectivity index (χ1) is 28.1. The molecule has 15 nitrogen and oxygen atoms in total. The highest BCUT2D eigenvalue weighted by molar-refractivity contribution is 5.95. The Balaban J connectivity index is 1.55. The molecule has 60 heavy (non-hydrogen) atoms. The number of fused-ring (bicyclic) bond motifs is 5. The lowest BCUT2D eigenvalue weighted by molar-refractivity contribution is -0.346. The van der Waals surface area contributed by atoms with E-state index in [2.05, 4.69) is 5.32 Å². The summed E-state index contributed by atoms with van der Waals surface area (Å²) in [6, 6.07) is 14.9. The number of aliphatic hydroxyl groups excluding tert-OH is 2. The lowest BCUT2D eigenvalue weighted by atomic mass is 9.44. The molecule has 4 N–H and O–H groups in total. The van der Waals surface area contributed by atoms with E-state index in [9.17, 15) is 39.3 Å². The van der Waals surface area contributed by atoms with Gasteiger partial charge in [-0.25, -0.2) is 9.59 Å². The molecule has 0 radical (unpaired) electrons. The van der Waals surface area contributed by atoms with E-state index in [1.54, 1.807) is 69.3 Å². The number of Topliss-reactive ketones (excluding diaryl/α,β-unsaturated/α-hetero) is 1. The van der Waals surface area contributed by atoms with Crippen molar-refractivity contribution in [2.45, 2.75) is 129 Å². The largest absolute Gasteiger partial charge is 0.456 e. The number of carbonyl (C=O) groups excluding carboxylic acids is 6. The first-order valence-electron chi connectivity index (χ1n) is 20.3. The maximum Gasteiger partial charge on any atom is 0.338 e. The zero-order chi connectivity index (χ0) is 44.1. The number of aliphatic hydroxyl groups is 3. The minimum absolute atomic E-state index is 0.00887. The maximum absolute atomic E-state index is 15.4. The number of nitrogens with one attached hydrogen (secondary N) is 1. The van der Waals surface area contributed by atoms with Gasteiger partial charge in [0, 0.05) is 38.0 Å². The number of hydrogen-bond acceptors (Lipinski definition) is 14. The minimum Gasteiger partial charge on any atom is -0.456 e. The van der Waals surface area contributed by atoms with E-state index in [4.69, 9.17) is 23.7 Å². The summed E-state index contributed by atoms with van der Waals surface area (Å²) in [5.74, 6) is -7.06. The summed E-state index contributed by atoms with van der Waals surface area (Å²) < 4.78 is 30.2. The molecule has 1 heterocycles. The van der Waals surface area contributed by atoms with E-state index < -0.39 is 119 Å². The molecule has 4 aliphatic rings. The second-order valence-electron chi connectivity index (χ2n) is 17.3. The molecule has 2 saturated carbocycles. The Kier molecular flexibility index (Phi) is 12.2. The lowest BCUT2D eigenvalue weighted by Gasteiger charge is -2.67. The fourth-order valence-electron chi connectivity index (χ4n) is 9.85. The molecule has 1 amide bonds. The van der Waals surface area contributed by atoms with Crippen LogP contribution >= 0.6 is 0 Å². The van der Waals surface area contributed by atoms with Crippen molar-refractivity contribution >= 4 is 35.6 Å². The van der Waals surface area contributed by atoms with Crippen molar-refractivity contribution in [1.29, 1.82) is 0 Å². The highest BCUT2D eigenvalue weighted by Crippen LogP contribution is 2.64. The molecular formula is C45H55NO14. The second-order valence-corrected chi connectivity index (χ2v) is 17.3. The molecule has 324 valence electrons. The van der Waals surface area contributed by atoms with Crippen molar-refractivity contribution in [3.05, 3.63) is 82.9 Å². The summed E-state index contributed by atoms with van der Waals surface area (Å²) in [6.45, 7) is 11.5. The van der Waals surface area contributed by atoms with Crippen molar-refractivity contribution < 1.29 is 67.8 Å².